The van der Waals surface area contributed by atoms with Gasteiger partial charge in [0.25, 0.3) is 5.91 Å². The number of pyridine rings is 2. The number of thiophene rings is 2. The summed E-state index contributed by atoms with van der Waals surface area (Å²) in [5.41, 5.74) is 11.4. The number of aromatic nitrogens is 2. The summed E-state index contributed by atoms with van der Waals surface area (Å²) < 4.78 is 49.5. The van der Waals surface area contributed by atoms with E-state index in [4.69, 9.17) is 81.5 Å². The molecule has 8 aliphatic rings. The van der Waals surface area contributed by atoms with Crippen molar-refractivity contribution in [1.82, 2.24) is 19.8 Å². The predicted octanol–water partition coefficient (Wildman–Crippen LogP) is 10.5. The van der Waals surface area contributed by atoms with Gasteiger partial charge in [-0.2, -0.15) is 10.5 Å². The van der Waals surface area contributed by atoms with Crippen LogP contribution in [-0.2, 0) is 36.8 Å². The quantitative estimate of drug-likeness (QED) is 0.0652. The second kappa shape index (κ2) is 28.3. The van der Waals surface area contributed by atoms with Crippen LogP contribution in [0.4, 0.5) is 66.7 Å². The first-order chi connectivity index (χ1) is 47.4. The Morgan fingerprint density at radius 2 is 1.01 bits per heavy atom. The van der Waals surface area contributed by atoms with Crippen LogP contribution in [-0.4, -0.2) is 169 Å². The number of rotatable bonds is 12. The minimum atomic E-state index is -0.617. The van der Waals surface area contributed by atoms with Crippen LogP contribution in [0.3, 0.4) is 0 Å². The average molecular weight is 1390 g/mol. The van der Waals surface area contributed by atoms with Gasteiger partial charge in [-0.15, -0.1) is 22.7 Å². The molecule has 5 amide bonds. The van der Waals surface area contributed by atoms with Gasteiger partial charge >= 0.3 is 18.0 Å². The highest BCUT2D eigenvalue weighted by atomic mass is 35.5. The number of nitrogens with zero attached hydrogens (tertiary/aromatic N) is 10. The number of urea groups is 2. The number of morpholine rings is 4. The molecular weight excluding hydrogens is 1330 g/mol. The Hall–Kier alpha value is -9.50. The minimum absolute atomic E-state index is 0.0370. The Bertz CT molecular complexity index is 4490. The van der Waals surface area contributed by atoms with E-state index in [1.165, 1.54) is 15.4 Å². The average Bonchev–Trinajstić information content (AvgIpc) is 1.63. The summed E-state index contributed by atoms with van der Waals surface area (Å²) in [6, 6.07) is 25.6. The van der Waals surface area contributed by atoms with Gasteiger partial charge in [0.05, 0.1) is 103 Å². The number of ether oxygens (including phenoxy) is 9. The number of hydrogen-bond acceptors (Lipinski definition) is 24. The minimum Gasteiger partial charge on any atom is -0.462 e. The van der Waals surface area contributed by atoms with Crippen molar-refractivity contribution in [3.05, 3.63) is 115 Å². The summed E-state index contributed by atoms with van der Waals surface area (Å²) in [6.45, 7) is 14.5. The van der Waals surface area contributed by atoms with Crippen molar-refractivity contribution < 1.29 is 61.8 Å². The predicted molar refractivity (Wildman–Crippen MR) is 366 cm³/mol. The number of hydrogen-bond donors (Lipinski definition) is 4. The van der Waals surface area contributed by atoms with Gasteiger partial charge < -0.3 is 74.1 Å². The molecule has 8 aliphatic heterocycles. The van der Waals surface area contributed by atoms with Crippen LogP contribution >= 0.6 is 45.9 Å². The monoisotopic (exact) mass is 1390 g/mol. The molecule has 8 aromatic rings. The number of nitrogen functional groups attached to an aromatic ring is 1. The SMILES string of the molecule is CCOC(=O)c1sc2nc(N3CCOCC3)c(C#N)c3c2c1NC(=O)N3c1c(Cl)ccc2c1OCO2.N#Cc1c(N2CCOCC2)nc2sc(C(=O)Nc3ccc(CN4CCOCC4)cc3)c3c2c1N(c1c(Cl)ccc2c1OCO2)C(=O)N3.Nc1ccc(CN2CCOCC2)cc1. The van der Waals surface area contributed by atoms with Gasteiger partial charge in [-0.1, -0.05) is 47.5 Å². The fraction of sp³-hybridized carbons (Fsp3) is 0.333. The summed E-state index contributed by atoms with van der Waals surface area (Å²) in [7, 11) is 0. The molecule has 4 aromatic carbocycles. The Morgan fingerprint density at radius 3 is 1.45 bits per heavy atom. The number of anilines is 10. The normalized spacial score (nSPS) is 17.1. The van der Waals surface area contributed by atoms with Crippen molar-refractivity contribution >= 4 is 147 Å². The topological polar surface area (TPSA) is 306 Å². The van der Waals surface area contributed by atoms with Gasteiger partial charge in [0, 0.05) is 76.8 Å². The van der Waals surface area contributed by atoms with Crippen molar-refractivity contribution in [1.29, 1.82) is 10.5 Å². The van der Waals surface area contributed by atoms with Gasteiger partial charge in [-0.3, -0.25) is 24.4 Å². The van der Waals surface area contributed by atoms with Gasteiger partial charge in [0.15, 0.2) is 34.6 Å². The Balaban J connectivity index is 0.000000142. The Labute approximate surface area is 573 Å². The summed E-state index contributed by atoms with van der Waals surface area (Å²) >= 11 is 15.5. The van der Waals surface area contributed by atoms with E-state index in [0.29, 0.717) is 102 Å². The lowest BCUT2D eigenvalue weighted by molar-refractivity contribution is 0.0341. The zero-order chi connectivity index (χ0) is 66.8. The number of carbonyl (C=O) groups is 4. The van der Waals surface area contributed by atoms with Crippen molar-refractivity contribution in [2.45, 2.75) is 20.0 Å². The van der Waals surface area contributed by atoms with E-state index in [9.17, 15) is 29.7 Å². The molecule has 4 fully saturated rings. The second-order valence-electron chi connectivity index (χ2n) is 22.9. The Morgan fingerprint density at radius 1 is 0.588 bits per heavy atom. The van der Waals surface area contributed by atoms with E-state index in [0.717, 1.165) is 99.6 Å². The van der Waals surface area contributed by atoms with E-state index < -0.39 is 23.9 Å². The zero-order valence-corrected chi connectivity index (χ0v) is 55.4. The largest absolute Gasteiger partial charge is 0.462 e. The highest BCUT2D eigenvalue weighted by Gasteiger charge is 2.43. The maximum absolute atomic E-state index is 14.1. The standard InChI is InChI=1S/C32H28ClN7O6S.C23H18ClN5O6S.C11H16N2O/c33-21-5-6-22-27(46-17-45-22)26(21)40-25-20(15-34)29(39-9-13-44-14-10-39)37-31-23(25)24(36-32(40)42)28(47-31)30(41)35-19-3-1-18(2-4-19)16-38-7-11-43-12-8-38;1-2-33-22(30)19-15-14-16(11(9-25)20(27-21(14)36-19)28-5-7-32-8-6-28)29(23(31)26-15)17-12(24)3-4-13-18(17)35-10-34-13;12-11-3-1-10(2-4-11)9-13-5-7-14-8-6-13/h1-6H,7-14,16-17H2,(H,35,41)(H,36,42);3-4H,2,5-8,10H2,1H3,(H,26,31);1-4H,5-9,12H2. The van der Waals surface area contributed by atoms with Crippen LogP contribution in [0.2, 0.25) is 10.0 Å². The molecule has 0 aliphatic carbocycles. The maximum atomic E-state index is 14.1. The third-order valence-corrected chi connectivity index (χ3v) is 19.8. The number of fused-ring (bicyclic) bond motifs is 2. The summed E-state index contributed by atoms with van der Waals surface area (Å²) in [6.07, 6.45) is 0. The van der Waals surface area contributed by atoms with E-state index in [2.05, 4.69) is 50.0 Å². The first kappa shape index (κ1) is 64.8. The lowest BCUT2D eigenvalue weighted by Gasteiger charge is -2.33. The number of esters is 1. The number of nitriles is 2. The van der Waals surface area contributed by atoms with E-state index in [1.807, 2.05) is 46.2 Å². The lowest BCUT2D eigenvalue weighted by atomic mass is 10.0. The highest BCUT2D eigenvalue weighted by Crippen LogP contribution is 2.57. The van der Waals surface area contributed by atoms with Crippen LogP contribution in [0.1, 0.15) is 48.5 Å². The van der Waals surface area contributed by atoms with Crippen molar-refractivity contribution in [2.24, 2.45) is 0 Å². The molecule has 0 unspecified atom stereocenters. The van der Waals surface area contributed by atoms with Crippen molar-refractivity contribution in [2.75, 3.05) is 167 Å². The van der Waals surface area contributed by atoms with Gasteiger partial charge in [0.1, 0.15) is 54.1 Å². The first-order valence-corrected chi connectivity index (χ1v) is 33.6. The number of amides is 5. The molecule has 0 radical (unpaired) electrons. The molecule has 12 heterocycles. The van der Waals surface area contributed by atoms with Crippen LogP contribution in [0.25, 0.3) is 20.4 Å². The first-order valence-electron chi connectivity index (χ1n) is 31.2. The van der Waals surface area contributed by atoms with Gasteiger partial charge in [-0.05, 0) is 66.6 Å². The molecule has 4 aromatic heterocycles. The molecule has 27 nitrogen and oxygen atoms in total. The molecule has 4 saturated heterocycles. The van der Waals surface area contributed by atoms with Gasteiger partial charge in [-0.25, -0.2) is 24.4 Å². The third-order valence-electron chi connectivity index (χ3n) is 17.0. The van der Waals surface area contributed by atoms with E-state index in [1.54, 1.807) is 31.2 Å². The number of nitrogens with one attached hydrogen (secondary N) is 3. The molecular formula is C66H62Cl2N14O13S2. The molecule has 500 valence electrons. The van der Waals surface area contributed by atoms with Crippen LogP contribution in [0.5, 0.6) is 23.0 Å². The fourth-order valence-electron chi connectivity index (χ4n) is 12.4. The molecule has 0 saturated carbocycles. The van der Waals surface area contributed by atoms with E-state index >= 15 is 0 Å². The summed E-state index contributed by atoms with van der Waals surface area (Å²) in [5.74, 6) is 1.19. The molecule has 97 heavy (non-hydrogen) atoms. The lowest BCUT2D eigenvalue weighted by Crippen LogP contribution is -2.39. The number of halogens is 2. The van der Waals surface area contributed by atoms with Crippen LogP contribution < -0.4 is 60.2 Å². The summed E-state index contributed by atoms with van der Waals surface area (Å²) in [5, 5.41) is 31.0. The Kier molecular flexibility index (Phi) is 18.9. The smallest absolute Gasteiger partial charge is 0.350 e. The molecule has 0 bridgehead atoms. The van der Waals surface area contributed by atoms with Crippen LogP contribution in [0.15, 0.2) is 72.8 Å². The highest BCUT2D eigenvalue weighted by molar-refractivity contribution is 7.22. The van der Waals surface area contributed by atoms with Gasteiger partial charge in [0.2, 0.25) is 13.6 Å². The molecule has 5 N–H and O–H groups in total. The number of carbonyl (C=O) groups excluding carboxylic acids is 4. The summed E-state index contributed by atoms with van der Waals surface area (Å²) in [4.78, 5) is 76.7. The second-order valence-corrected chi connectivity index (χ2v) is 25.7. The number of benzene rings is 4. The fourth-order valence-corrected chi connectivity index (χ4v) is 14.9. The van der Waals surface area contributed by atoms with E-state index in [-0.39, 0.29) is 96.7 Å². The number of nitrogens with two attached hydrogens (primary N) is 1. The molecule has 31 heteroatoms. The zero-order valence-electron chi connectivity index (χ0n) is 52.2. The van der Waals surface area contributed by atoms with Crippen molar-refractivity contribution in [3.8, 4) is 35.1 Å². The molecule has 16 rings (SSSR count). The molecule has 0 spiro atoms. The molecule has 0 atom stereocenters. The third kappa shape index (κ3) is 12.8. The van der Waals surface area contributed by atoms with Crippen molar-refractivity contribution in [3.63, 3.8) is 0 Å². The maximum Gasteiger partial charge on any atom is 0.350 e. The van der Waals surface area contributed by atoms with Crippen LogP contribution in [0, 0.1) is 22.7 Å².